The number of methoxy groups -OCH3 is 2. The Morgan fingerprint density at radius 2 is 1.84 bits per heavy atom. The second-order valence-corrected chi connectivity index (χ2v) is 6.94. The van der Waals surface area contributed by atoms with Crippen LogP contribution >= 0.6 is 39.1 Å². The Labute approximate surface area is 166 Å². The second kappa shape index (κ2) is 10.2. The smallest absolute Gasteiger partial charge is 0.175 e. The molecule has 0 radical (unpaired) electrons. The van der Waals surface area contributed by atoms with Gasteiger partial charge in [0.2, 0.25) is 0 Å². The maximum Gasteiger partial charge on any atom is 0.175 e. The van der Waals surface area contributed by atoms with Crippen LogP contribution < -0.4 is 14.8 Å². The molecular weight excluding hydrogens is 429 g/mol. The molecule has 0 aromatic heterocycles. The van der Waals surface area contributed by atoms with Crippen molar-refractivity contribution in [2.45, 2.75) is 13.2 Å². The summed E-state index contributed by atoms with van der Waals surface area (Å²) in [5.74, 6) is 1.25. The van der Waals surface area contributed by atoms with Gasteiger partial charge < -0.3 is 19.5 Å². The molecule has 0 saturated heterocycles. The van der Waals surface area contributed by atoms with Crippen molar-refractivity contribution in [2.24, 2.45) is 0 Å². The highest BCUT2D eigenvalue weighted by molar-refractivity contribution is 9.10. The number of hydrogen-bond donors (Lipinski definition) is 1. The van der Waals surface area contributed by atoms with E-state index in [1.807, 2.05) is 12.1 Å². The number of nitrogens with one attached hydrogen (secondary N) is 1. The Kier molecular flexibility index (Phi) is 8.33. The summed E-state index contributed by atoms with van der Waals surface area (Å²) >= 11 is 15.9. The van der Waals surface area contributed by atoms with E-state index >= 15 is 0 Å². The number of ether oxygens (including phenoxy) is 3. The van der Waals surface area contributed by atoms with Crippen LogP contribution in [0, 0.1) is 0 Å². The lowest BCUT2D eigenvalue weighted by Crippen LogP contribution is -2.18. The van der Waals surface area contributed by atoms with Gasteiger partial charge in [0, 0.05) is 35.8 Å². The molecule has 0 heterocycles. The molecule has 7 heteroatoms. The lowest BCUT2D eigenvalue weighted by molar-refractivity contribution is 0.199. The Hall–Kier alpha value is -0.980. The zero-order chi connectivity index (χ0) is 18.2. The third-order valence-corrected chi connectivity index (χ3v) is 4.82. The van der Waals surface area contributed by atoms with E-state index in [1.165, 1.54) is 0 Å². The van der Waals surface area contributed by atoms with Crippen LogP contribution in [0.1, 0.15) is 11.1 Å². The van der Waals surface area contributed by atoms with Crippen molar-refractivity contribution in [3.05, 3.63) is 56.0 Å². The molecule has 136 valence electrons. The third-order valence-electron chi connectivity index (χ3n) is 3.52. The summed E-state index contributed by atoms with van der Waals surface area (Å²) in [5.41, 5.74) is 1.81. The fourth-order valence-electron chi connectivity index (χ4n) is 2.24. The highest BCUT2D eigenvalue weighted by Gasteiger charge is 2.14. The van der Waals surface area contributed by atoms with Crippen molar-refractivity contribution in [3.63, 3.8) is 0 Å². The van der Waals surface area contributed by atoms with Gasteiger partial charge in [-0.2, -0.15) is 0 Å². The molecule has 0 spiro atoms. The molecule has 25 heavy (non-hydrogen) atoms. The van der Waals surface area contributed by atoms with Crippen LogP contribution in [0.5, 0.6) is 11.5 Å². The minimum Gasteiger partial charge on any atom is -0.493 e. The Morgan fingerprint density at radius 1 is 1.12 bits per heavy atom. The van der Waals surface area contributed by atoms with E-state index in [-0.39, 0.29) is 6.61 Å². The lowest BCUT2D eigenvalue weighted by atomic mass is 10.2. The highest BCUT2D eigenvalue weighted by atomic mass is 79.9. The van der Waals surface area contributed by atoms with E-state index in [2.05, 4.69) is 21.2 Å². The Bertz CT molecular complexity index is 693. The summed E-state index contributed by atoms with van der Waals surface area (Å²) < 4.78 is 17.2. The van der Waals surface area contributed by atoms with Crippen LogP contribution in [0.2, 0.25) is 10.0 Å². The molecule has 0 aliphatic rings. The SMILES string of the molecule is COCCNCc1cc(Br)c(OCc2c(Cl)cccc2Cl)c(OC)c1. The van der Waals surface area contributed by atoms with E-state index in [1.54, 1.807) is 32.4 Å². The van der Waals surface area contributed by atoms with Gasteiger partial charge in [0.15, 0.2) is 11.5 Å². The largest absolute Gasteiger partial charge is 0.493 e. The first-order valence-electron chi connectivity index (χ1n) is 7.68. The van der Waals surface area contributed by atoms with E-state index in [0.29, 0.717) is 34.7 Å². The van der Waals surface area contributed by atoms with Gasteiger partial charge in [0.05, 0.1) is 18.2 Å². The molecule has 0 atom stereocenters. The second-order valence-electron chi connectivity index (χ2n) is 5.27. The summed E-state index contributed by atoms with van der Waals surface area (Å²) in [7, 11) is 3.29. The summed E-state index contributed by atoms with van der Waals surface area (Å²) in [6.07, 6.45) is 0. The average molecular weight is 449 g/mol. The topological polar surface area (TPSA) is 39.7 Å². The number of benzene rings is 2. The summed E-state index contributed by atoms with van der Waals surface area (Å²) in [6, 6.07) is 9.30. The number of halogens is 3. The zero-order valence-electron chi connectivity index (χ0n) is 14.1. The van der Waals surface area contributed by atoms with Crippen LogP contribution in [0.25, 0.3) is 0 Å². The molecule has 2 aromatic rings. The fraction of sp³-hybridized carbons (Fsp3) is 0.333. The van der Waals surface area contributed by atoms with Crippen LogP contribution in [0.4, 0.5) is 0 Å². The van der Waals surface area contributed by atoms with Gasteiger partial charge in [0.25, 0.3) is 0 Å². The van der Waals surface area contributed by atoms with Crippen LogP contribution in [-0.2, 0) is 17.9 Å². The molecule has 0 aliphatic heterocycles. The minimum absolute atomic E-state index is 0.249. The first kappa shape index (κ1) is 20.3. The number of rotatable bonds is 9. The standard InChI is InChI=1S/C18H20BrCl2NO3/c1-23-7-6-22-10-12-8-14(19)18(17(9-12)24-2)25-11-13-15(20)4-3-5-16(13)21/h3-5,8-9,22H,6-7,10-11H2,1-2H3. The van der Waals surface area contributed by atoms with Crippen LogP contribution in [0.3, 0.4) is 0 Å². The third kappa shape index (κ3) is 5.76. The first-order chi connectivity index (χ1) is 12.1. The Morgan fingerprint density at radius 3 is 2.48 bits per heavy atom. The van der Waals surface area contributed by atoms with Gasteiger partial charge in [-0.25, -0.2) is 0 Å². The van der Waals surface area contributed by atoms with Gasteiger partial charge in [-0.1, -0.05) is 29.3 Å². The maximum atomic E-state index is 6.19. The van der Waals surface area contributed by atoms with Crippen molar-refractivity contribution >= 4 is 39.1 Å². The van der Waals surface area contributed by atoms with Crippen molar-refractivity contribution < 1.29 is 14.2 Å². The molecule has 4 nitrogen and oxygen atoms in total. The highest BCUT2D eigenvalue weighted by Crippen LogP contribution is 2.38. The van der Waals surface area contributed by atoms with Gasteiger partial charge in [0.1, 0.15) is 6.61 Å². The van der Waals surface area contributed by atoms with Crippen molar-refractivity contribution in [3.8, 4) is 11.5 Å². The molecule has 0 fully saturated rings. The van der Waals surface area contributed by atoms with E-state index < -0.39 is 0 Å². The average Bonchev–Trinajstić information content (AvgIpc) is 2.59. The molecule has 1 N–H and O–H groups in total. The van der Waals surface area contributed by atoms with E-state index in [9.17, 15) is 0 Å². The predicted molar refractivity (Wildman–Crippen MR) is 105 cm³/mol. The maximum absolute atomic E-state index is 6.19. The molecule has 2 rings (SSSR count). The van der Waals surface area contributed by atoms with Crippen molar-refractivity contribution in [1.82, 2.24) is 5.32 Å². The molecule has 0 saturated carbocycles. The summed E-state index contributed by atoms with van der Waals surface area (Å²) in [5, 5.41) is 4.44. The fourth-order valence-corrected chi connectivity index (χ4v) is 3.35. The van der Waals surface area contributed by atoms with Gasteiger partial charge in [-0.05, 0) is 45.8 Å². The lowest BCUT2D eigenvalue weighted by Gasteiger charge is -2.16. The molecule has 0 unspecified atom stereocenters. The van der Waals surface area contributed by atoms with Crippen molar-refractivity contribution in [2.75, 3.05) is 27.4 Å². The molecule has 0 aliphatic carbocycles. The number of hydrogen-bond acceptors (Lipinski definition) is 4. The van der Waals surface area contributed by atoms with Crippen LogP contribution in [0.15, 0.2) is 34.8 Å². The normalized spacial score (nSPS) is 10.8. The summed E-state index contributed by atoms with van der Waals surface area (Å²) in [6.45, 7) is 2.39. The van der Waals surface area contributed by atoms with Gasteiger partial charge >= 0.3 is 0 Å². The van der Waals surface area contributed by atoms with E-state index in [0.717, 1.165) is 22.1 Å². The van der Waals surface area contributed by atoms with Crippen molar-refractivity contribution in [1.29, 1.82) is 0 Å². The quantitative estimate of drug-likeness (QED) is 0.543. The molecular formula is C18H20BrCl2NO3. The summed E-state index contributed by atoms with van der Waals surface area (Å²) in [4.78, 5) is 0. The van der Waals surface area contributed by atoms with E-state index in [4.69, 9.17) is 37.4 Å². The van der Waals surface area contributed by atoms with Crippen LogP contribution in [-0.4, -0.2) is 27.4 Å². The van der Waals surface area contributed by atoms with Gasteiger partial charge in [-0.3, -0.25) is 0 Å². The first-order valence-corrected chi connectivity index (χ1v) is 9.23. The minimum atomic E-state index is 0.249. The van der Waals surface area contributed by atoms with Gasteiger partial charge in [-0.15, -0.1) is 0 Å². The molecule has 0 bridgehead atoms. The molecule has 2 aromatic carbocycles. The molecule has 0 amide bonds. The zero-order valence-corrected chi connectivity index (χ0v) is 17.2. The Balaban J connectivity index is 2.12. The monoisotopic (exact) mass is 447 g/mol. The predicted octanol–water partition coefficient (Wildman–Crippen LogP) is 5.08.